The Hall–Kier alpha value is -1.25. The predicted octanol–water partition coefficient (Wildman–Crippen LogP) is 13.4. The van der Waals surface area contributed by atoms with Gasteiger partial charge in [0.2, 0.25) is 0 Å². The number of nitrogens with two attached hydrogens (primary N) is 1. The van der Waals surface area contributed by atoms with E-state index in [2.05, 4.69) is 26.0 Å². The van der Waals surface area contributed by atoms with Gasteiger partial charge in [-0.15, -0.1) is 0 Å². The van der Waals surface area contributed by atoms with Crippen molar-refractivity contribution < 1.29 is 37.6 Å². The smallest absolute Gasteiger partial charge is 0.462 e. The molecule has 0 radical (unpaired) electrons. The number of hydrogen-bond donors (Lipinski definition) is 2. The van der Waals surface area contributed by atoms with Gasteiger partial charge in [-0.1, -0.05) is 193 Å². The highest BCUT2D eigenvalue weighted by Crippen LogP contribution is 2.43. The molecule has 0 spiro atoms. The Morgan fingerprint density at radius 3 is 1.31 bits per heavy atom. The quantitative estimate of drug-likeness (QED) is 0.0267. The van der Waals surface area contributed by atoms with Gasteiger partial charge < -0.3 is 20.1 Å². The molecule has 0 aromatic heterocycles. The Kier molecular flexibility index (Phi) is 41.4. The average Bonchev–Trinajstić information content (AvgIpc) is 3.17. The van der Waals surface area contributed by atoms with Gasteiger partial charge in [0.15, 0.2) is 6.10 Å². The topological polar surface area (TPSA) is 134 Å². The van der Waals surface area contributed by atoms with Gasteiger partial charge in [-0.3, -0.25) is 18.6 Å². The van der Waals surface area contributed by atoms with Crippen molar-refractivity contribution in [1.29, 1.82) is 0 Å². The van der Waals surface area contributed by atoms with Crippen LogP contribution in [0.5, 0.6) is 0 Å². The molecule has 0 bridgehead atoms. The van der Waals surface area contributed by atoms with Gasteiger partial charge in [0.1, 0.15) is 6.61 Å². The van der Waals surface area contributed by atoms with Crippen molar-refractivity contribution in [3.63, 3.8) is 0 Å². The third-order valence-corrected chi connectivity index (χ3v) is 11.1. The fraction of sp³-hybridized carbons (Fsp3) is 0.911. The monoisotopic (exact) mass is 802 g/mol. The SMILES string of the molecule is CCCCCCC=CCCCCCCCC(=O)OCC(COP(=O)(O)OCCN)OC(=O)CCCCCCCCCCCCCCCCCCCCCCC. The molecule has 0 aromatic rings. The number of hydrogen-bond acceptors (Lipinski definition) is 8. The van der Waals surface area contributed by atoms with E-state index in [0.29, 0.717) is 6.42 Å². The number of rotatable bonds is 44. The van der Waals surface area contributed by atoms with Gasteiger partial charge in [-0.05, 0) is 38.5 Å². The molecule has 0 rings (SSSR count). The molecule has 0 aliphatic carbocycles. The fourth-order valence-corrected chi connectivity index (χ4v) is 7.45. The number of carbonyl (C=O) groups excluding carboxylic acids is 2. The second kappa shape index (κ2) is 42.4. The minimum absolute atomic E-state index is 0.0552. The van der Waals surface area contributed by atoms with E-state index in [1.807, 2.05) is 0 Å². The number of unbranched alkanes of at least 4 members (excludes halogenated alkanes) is 29. The molecule has 9 nitrogen and oxygen atoms in total. The summed E-state index contributed by atoms with van der Waals surface area (Å²) in [6.45, 7) is 3.74. The molecule has 0 aromatic carbocycles. The molecule has 0 heterocycles. The highest BCUT2D eigenvalue weighted by Gasteiger charge is 2.26. The summed E-state index contributed by atoms with van der Waals surface area (Å²) < 4.78 is 32.8. The van der Waals surface area contributed by atoms with E-state index >= 15 is 0 Å². The van der Waals surface area contributed by atoms with Crippen LogP contribution in [0.2, 0.25) is 0 Å². The summed E-state index contributed by atoms with van der Waals surface area (Å²) in [5, 5.41) is 0. The summed E-state index contributed by atoms with van der Waals surface area (Å²) in [4.78, 5) is 34.9. The molecule has 0 fully saturated rings. The van der Waals surface area contributed by atoms with Crippen LogP contribution in [0.3, 0.4) is 0 Å². The van der Waals surface area contributed by atoms with Gasteiger partial charge in [0.05, 0.1) is 13.2 Å². The Bertz CT molecular complexity index is 917. The molecular weight excluding hydrogens is 713 g/mol. The maximum atomic E-state index is 12.6. The van der Waals surface area contributed by atoms with Crippen molar-refractivity contribution >= 4 is 19.8 Å². The molecule has 0 aliphatic rings. The number of allylic oxidation sites excluding steroid dienone is 2. The largest absolute Gasteiger partial charge is 0.472 e. The normalized spacial score (nSPS) is 13.3. The van der Waals surface area contributed by atoms with E-state index < -0.39 is 26.5 Å². The van der Waals surface area contributed by atoms with E-state index in [1.54, 1.807) is 0 Å². The number of phosphoric ester groups is 1. The third kappa shape index (κ3) is 42.2. The van der Waals surface area contributed by atoms with E-state index in [1.165, 1.54) is 148 Å². The first-order valence-electron chi connectivity index (χ1n) is 23.2. The molecule has 326 valence electrons. The van der Waals surface area contributed by atoms with Crippen LogP contribution in [-0.2, 0) is 32.7 Å². The predicted molar refractivity (Wildman–Crippen MR) is 229 cm³/mol. The first-order valence-corrected chi connectivity index (χ1v) is 24.7. The number of esters is 2. The Morgan fingerprint density at radius 2 is 0.891 bits per heavy atom. The molecule has 3 N–H and O–H groups in total. The van der Waals surface area contributed by atoms with Crippen molar-refractivity contribution in [1.82, 2.24) is 0 Å². The summed E-state index contributed by atoms with van der Waals surface area (Å²) in [5.41, 5.74) is 5.35. The lowest BCUT2D eigenvalue weighted by Crippen LogP contribution is -2.29. The highest BCUT2D eigenvalue weighted by molar-refractivity contribution is 7.47. The van der Waals surface area contributed by atoms with Gasteiger partial charge in [-0.2, -0.15) is 0 Å². The lowest BCUT2D eigenvalue weighted by molar-refractivity contribution is -0.161. The molecule has 10 heteroatoms. The summed E-state index contributed by atoms with van der Waals surface area (Å²) in [6.07, 6.45) is 43.9. The molecular formula is C45H88NO8P. The van der Waals surface area contributed by atoms with Crippen molar-refractivity contribution in [2.75, 3.05) is 26.4 Å². The molecule has 2 unspecified atom stereocenters. The molecule has 0 aliphatic heterocycles. The average molecular weight is 802 g/mol. The summed E-state index contributed by atoms with van der Waals surface area (Å²) >= 11 is 0. The summed E-state index contributed by atoms with van der Waals surface area (Å²) in [7, 11) is -4.37. The van der Waals surface area contributed by atoms with Gasteiger partial charge in [0, 0.05) is 19.4 Å². The lowest BCUT2D eigenvalue weighted by Gasteiger charge is -2.19. The summed E-state index contributed by atoms with van der Waals surface area (Å²) in [6, 6.07) is 0. The minimum Gasteiger partial charge on any atom is -0.462 e. The zero-order valence-electron chi connectivity index (χ0n) is 35.9. The zero-order chi connectivity index (χ0) is 40.3. The van der Waals surface area contributed by atoms with Crippen molar-refractivity contribution in [3.8, 4) is 0 Å². The van der Waals surface area contributed by atoms with E-state index in [0.717, 1.165) is 51.4 Å². The first-order chi connectivity index (χ1) is 26.8. The zero-order valence-corrected chi connectivity index (χ0v) is 36.8. The number of phosphoric acid groups is 1. The van der Waals surface area contributed by atoms with Crippen LogP contribution < -0.4 is 5.73 Å². The Labute approximate surface area is 339 Å². The third-order valence-electron chi connectivity index (χ3n) is 10.2. The second-order valence-electron chi connectivity index (χ2n) is 15.6. The standard InChI is InChI=1S/C45H88NO8P/c1-3-5-7-9-11-13-15-17-18-19-20-21-22-23-24-26-28-30-32-34-36-38-45(48)54-43(42-53-55(49,50)52-40-39-46)41-51-44(47)37-35-33-31-29-27-25-16-14-12-10-8-6-4-2/h14,16,43H,3-13,15,17-42,46H2,1-2H3,(H,49,50). The van der Waals surface area contributed by atoms with Gasteiger partial charge in [-0.25, -0.2) is 4.57 Å². The summed E-state index contributed by atoms with van der Waals surface area (Å²) in [5.74, 6) is -0.826. The van der Waals surface area contributed by atoms with Crippen LogP contribution in [0.15, 0.2) is 12.2 Å². The highest BCUT2D eigenvalue weighted by atomic mass is 31.2. The maximum absolute atomic E-state index is 12.6. The molecule has 0 saturated heterocycles. The van der Waals surface area contributed by atoms with Crippen molar-refractivity contribution in [2.24, 2.45) is 5.73 Å². The second-order valence-corrected chi connectivity index (χ2v) is 17.1. The first kappa shape index (κ1) is 53.8. The van der Waals surface area contributed by atoms with Crippen molar-refractivity contribution in [2.45, 2.75) is 238 Å². The Balaban J connectivity index is 4.04. The number of ether oxygens (including phenoxy) is 2. The lowest BCUT2D eigenvalue weighted by atomic mass is 10.0. The molecule has 55 heavy (non-hydrogen) atoms. The Morgan fingerprint density at radius 1 is 0.527 bits per heavy atom. The van der Waals surface area contributed by atoms with Gasteiger partial charge >= 0.3 is 19.8 Å². The van der Waals surface area contributed by atoms with Crippen LogP contribution >= 0.6 is 7.82 Å². The number of carbonyl (C=O) groups is 2. The van der Waals surface area contributed by atoms with Crippen molar-refractivity contribution in [3.05, 3.63) is 12.2 Å². The van der Waals surface area contributed by atoms with E-state index in [4.69, 9.17) is 24.3 Å². The molecule has 2 atom stereocenters. The van der Waals surface area contributed by atoms with E-state index in [9.17, 15) is 19.0 Å². The molecule has 0 amide bonds. The van der Waals surface area contributed by atoms with Crippen LogP contribution in [0.1, 0.15) is 232 Å². The molecule has 0 saturated carbocycles. The maximum Gasteiger partial charge on any atom is 0.472 e. The van der Waals surface area contributed by atoms with E-state index in [-0.39, 0.29) is 38.6 Å². The van der Waals surface area contributed by atoms with Crippen LogP contribution in [-0.4, -0.2) is 49.3 Å². The minimum atomic E-state index is -4.37. The fourth-order valence-electron chi connectivity index (χ4n) is 6.69. The van der Waals surface area contributed by atoms with Crippen LogP contribution in [0, 0.1) is 0 Å². The van der Waals surface area contributed by atoms with Crippen LogP contribution in [0.25, 0.3) is 0 Å². The van der Waals surface area contributed by atoms with Crippen LogP contribution in [0.4, 0.5) is 0 Å². The van der Waals surface area contributed by atoms with Gasteiger partial charge in [0.25, 0.3) is 0 Å².